The molecular formula is C33H76N2OS. The normalized spacial score (nSPS) is 17.8. The van der Waals surface area contributed by atoms with Gasteiger partial charge in [-0.2, -0.15) is 11.8 Å². The molecule has 4 heteroatoms. The smallest absolute Gasteiger partial charge is 0.0488 e. The maximum Gasteiger partial charge on any atom is 0.0488 e. The summed E-state index contributed by atoms with van der Waals surface area (Å²) in [5, 5.41) is 3.11. The number of likely N-dealkylation sites (tertiary alicyclic amines) is 1. The molecule has 4 aliphatic heterocycles. The van der Waals surface area contributed by atoms with Crippen molar-refractivity contribution in [3.8, 4) is 0 Å². The van der Waals surface area contributed by atoms with Crippen LogP contribution in [0.5, 0.6) is 0 Å². The number of hydrogen-bond donors (Lipinski definition) is 1. The lowest BCUT2D eigenvalue weighted by atomic mass is 10.0. The zero-order valence-corrected chi connectivity index (χ0v) is 30.1. The highest BCUT2D eigenvalue weighted by molar-refractivity contribution is 8.00. The maximum absolute atomic E-state index is 4.72. The van der Waals surface area contributed by atoms with Gasteiger partial charge in [-0.25, -0.2) is 0 Å². The molecule has 0 saturated carbocycles. The molecule has 4 rings (SSSR count). The van der Waals surface area contributed by atoms with Gasteiger partial charge in [0.25, 0.3) is 0 Å². The largest absolute Gasteiger partial charge is 0.381 e. The quantitative estimate of drug-likeness (QED) is 0.325. The van der Waals surface area contributed by atoms with Crippen LogP contribution in [0.2, 0.25) is 0 Å². The second kappa shape index (κ2) is 25.2. The molecular weight excluding hydrogens is 472 g/mol. The van der Waals surface area contributed by atoms with Crippen molar-refractivity contribution < 1.29 is 4.74 Å². The highest BCUT2D eigenvalue weighted by atomic mass is 32.2. The van der Waals surface area contributed by atoms with Crippen molar-refractivity contribution in [2.24, 2.45) is 21.7 Å². The van der Waals surface area contributed by atoms with Crippen molar-refractivity contribution in [3.05, 3.63) is 0 Å². The van der Waals surface area contributed by atoms with Crippen LogP contribution in [0.25, 0.3) is 0 Å². The van der Waals surface area contributed by atoms with E-state index in [4.69, 9.17) is 4.74 Å². The van der Waals surface area contributed by atoms with E-state index in [-0.39, 0.29) is 0 Å². The molecule has 3 nitrogen and oxygen atoms in total. The molecule has 230 valence electrons. The van der Waals surface area contributed by atoms with Gasteiger partial charge in [0.1, 0.15) is 0 Å². The van der Waals surface area contributed by atoms with Crippen LogP contribution in [0.15, 0.2) is 0 Å². The molecule has 4 heterocycles. The second-order valence-electron chi connectivity index (χ2n) is 16.7. The Morgan fingerprint density at radius 1 is 0.514 bits per heavy atom. The van der Waals surface area contributed by atoms with E-state index in [1.54, 1.807) is 0 Å². The van der Waals surface area contributed by atoms with Crippen LogP contribution in [0.1, 0.15) is 136 Å². The first-order valence-corrected chi connectivity index (χ1v) is 16.1. The Bertz CT molecular complexity index is 320. The zero-order chi connectivity index (χ0) is 30.2. The third-order valence-corrected chi connectivity index (χ3v) is 4.10. The number of ether oxygens (including phenoxy) is 1. The van der Waals surface area contributed by atoms with E-state index in [0.717, 1.165) is 13.2 Å². The molecule has 4 saturated heterocycles. The van der Waals surface area contributed by atoms with Crippen LogP contribution in [-0.2, 0) is 4.74 Å². The Morgan fingerprint density at radius 2 is 0.649 bits per heavy atom. The van der Waals surface area contributed by atoms with E-state index in [9.17, 15) is 0 Å². The Balaban J connectivity index is -0.000000168. The first-order chi connectivity index (χ1) is 16.4. The molecule has 0 amide bonds. The fourth-order valence-corrected chi connectivity index (χ4v) is 1.23. The van der Waals surface area contributed by atoms with Crippen LogP contribution in [0, 0.1) is 21.7 Å². The summed E-state index contributed by atoms with van der Waals surface area (Å²) >= 11 is 2.04. The van der Waals surface area contributed by atoms with E-state index in [2.05, 4.69) is 128 Å². The molecule has 0 unspecified atom stereocenters. The van der Waals surface area contributed by atoms with Crippen molar-refractivity contribution in [2.75, 3.05) is 57.9 Å². The SMILES string of the molecule is C1CNC1.C1COC1.C1CSC1.CC(C)(C)C.CC(C)(C)C.CC(C)(C)C.CC(C)(C)C.CN1CCC1. The van der Waals surface area contributed by atoms with E-state index < -0.39 is 0 Å². The minimum Gasteiger partial charge on any atom is -0.381 e. The van der Waals surface area contributed by atoms with Gasteiger partial charge in [0.2, 0.25) is 0 Å². The predicted octanol–water partition coefficient (Wildman–Crippen LogP) is 10.0. The van der Waals surface area contributed by atoms with E-state index >= 15 is 0 Å². The molecule has 0 aliphatic carbocycles. The molecule has 4 aliphatic rings. The summed E-state index contributed by atoms with van der Waals surface area (Å²) in [5.41, 5.74) is 2.00. The first kappa shape index (κ1) is 44.3. The molecule has 0 aromatic carbocycles. The van der Waals surface area contributed by atoms with Gasteiger partial charge in [-0.3, -0.25) is 0 Å². The van der Waals surface area contributed by atoms with Crippen molar-refractivity contribution >= 4 is 11.8 Å². The lowest BCUT2D eigenvalue weighted by Gasteiger charge is -2.24. The molecule has 0 atom stereocenters. The van der Waals surface area contributed by atoms with Gasteiger partial charge in [0.15, 0.2) is 0 Å². The number of hydrogen-bond acceptors (Lipinski definition) is 4. The van der Waals surface area contributed by atoms with E-state index in [0.29, 0.717) is 21.7 Å². The number of nitrogens with one attached hydrogen (secondary N) is 1. The molecule has 4 fully saturated rings. The van der Waals surface area contributed by atoms with Crippen molar-refractivity contribution in [1.29, 1.82) is 0 Å². The van der Waals surface area contributed by atoms with Crippen LogP contribution in [0.3, 0.4) is 0 Å². The topological polar surface area (TPSA) is 24.5 Å². The third kappa shape index (κ3) is 128. The number of thioether (sulfide) groups is 1. The molecule has 1 N–H and O–H groups in total. The van der Waals surface area contributed by atoms with Gasteiger partial charge >= 0.3 is 0 Å². The van der Waals surface area contributed by atoms with Crippen LogP contribution in [0.4, 0.5) is 0 Å². The standard InChI is InChI=1S/4C5H12.C4H9N.C3H7N.C3H6O.C3H6S/c4*1-5(2,3)4;1-5-3-2-4-5;3*1-2-4-3-1/h4*1-4H3;2-4H2,1H3;4H,1-3H2;2*1-3H2. The highest BCUT2D eigenvalue weighted by Crippen LogP contribution is 2.14. The molecule has 0 bridgehead atoms. The van der Waals surface area contributed by atoms with Crippen molar-refractivity contribution in [1.82, 2.24) is 10.2 Å². The Morgan fingerprint density at radius 3 is 0.649 bits per heavy atom. The fraction of sp³-hybridized carbons (Fsp3) is 1.00. The second-order valence-corrected chi connectivity index (χ2v) is 17.9. The highest BCUT2D eigenvalue weighted by Gasteiger charge is 2.04. The van der Waals surface area contributed by atoms with Crippen LogP contribution in [-0.4, -0.2) is 62.8 Å². The average molecular weight is 549 g/mol. The van der Waals surface area contributed by atoms with E-state index in [1.165, 1.54) is 63.4 Å². The van der Waals surface area contributed by atoms with Gasteiger partial charge in [0.05, 0.1) is 0 Å². The molecule has 0 spiro atoms. The average Bonchev–Trinajstić information content (AvgIpc) is 2.31. The van der Waals surface area contributed by atoms with Crippen molar-refractivity contribution in [2.45, 2.75) is 136 Å². The molecule has 0 aromatic rings. The number of nitrogens with zero attached hydrogens (tertiary/aromatic N) is 1. The monoisotopic (exact) mass is 549 g/mol. The summed E-state index contributed by atoms with van der Waals surface area (Å²) in [6.07, 6.45) is 5.54. The summed E-state index contributed by atoms with van der Waals surface area (Å²) < 4.78 is 4.72. The Labute approximate surface area is 242 Å². The van der Waals surface area contributed by atoms with Crippen LogP contribution < -0.4 is 5.32 Å². The Kier molecular flexibility index (Phi) is 30.2. The summed E-state index contributed by atoms with van der Waals surface area (Å²) in [7, 11) is 2.14. The Hall–Kier alpha value is 0.230. The zero-order valence-electron chi connectivity index (χ0n) is 29.2. The van der Waals surface area contributed by atoms with Gasteiger partial charge in [-0.15, -0.1) is 0 Å². The molecule has 37 heavy (non-hydrogen) atoms. The predicted molar refractivity (Wildman–Crippen MR) is 177 cm³/mol. The lowest BCUT2D eigenvalue weighted by Crippen LogP contribution is -2.32. The fourth-order valence-electron chi connectivity index (χ4n) is 0.940. The van der Waals surface area contributed by atoms with Gasteiger partial charge in [0, 0.05) is 13.2 Å². The maximum atomic E-state index is 4.72. The van der Waals surface area contributed by atoms with Gasteiger partial charge < -0.3 is 15.0 Å². The number of rotatable bonds is 0. The minimum atomic E-state index is 0.500. The van der Waals surface area contributed by atoms with Gasteiger partial charge in [-0.1, -0.05) is 111 Å². The minimum absolute atomic E-state index is 0.500. The molecule has 0 radical (unpaired) electrons. The summed E-state index contributed by atoms with van der Waals surface area (Å²) in [5.74, 6) is 2.83. The summed E-state index contributed by atoms with van der Waals surface area (Å²) in [4.78, 5) is 2.31. The van der Waals surface area contributed by atoms with Crippen molar-refractivity contribution in [3.63, 3.8) is 0 Å². The lowest BCUT2D eigenvalue weighted by molar-refractivity contribution is 0.0367. The first-order valence-electron chi connectivity index (χ1n) is 14.9. The van der Waals surface area contributed by atoms with Crippen LogP contribution >= 0.6 is 11.8 Å². The third-order valence-electron chi connectivity index (χ3n) is 2.94. The van der Waals surface area contributed by atoms with Gasteiger partial charge in [-0.05, 0) is 92.1 Å². The summed E-state index contributed by atoms with van der Waals surface area (Å²) in [6.45, 7) is 42.1. The molecule has 0 aromatic heterocycles. The van der Waals surface area contributed by atoms with E-state index in [1.807, 2.05) is 11.8 Å². The summed E-state index contributed by atoms with van der Waals surface area (Å²) in [6, 6.07) is 0.